The highest BCUT2D eigenvalue weighted by Crippen LogP contribution is 2.19. The Hall–Kier alpha value is -1.75. The lowest BCUT2D eigenvalue weighted by molar-refractivity contribution is 0.483. The van der Waals surface area contributed by atoms with E-state index in [2.05, 4.69) is 41.2 Å². The molecule has 0 aliphatic heterocycles. The van der Waals surface area contributed by atoms with Crippen molar-refractivity contribution >= 4 is 0 Å². The van der Waals surface area contributed by atoms with E-state index in [1.54, 1.807) is 18.6 Å². The van der Waals surface area contributed by atoms with Gasteiger partial charge in [-0.15, -0.1) is 0 Å². The topological polar surface area (TPSA) is 55.6 Å². The van der Waals surface area contributed by atoms with Crippen LogP contribution in [0.4, 0.5) is 0 Å². The molecule has 96 valence electrons. The number of aromatic nitrogens is 4. The van der Waals surface area contributed by atoms with E-state index in [9.17, 15) is 0 Å². The summed E-state index contributed by atoms with van der Waals surface area (Å²) >= 11 is 0. The average Bonchev–Trinajstić information content (AvgIpc) is 2.71. The lowest BCUT2D eigenvalue weighted by atomic mass is 10.1. The third kappa shape index (κ3) is 2.56. The summed E-state index contributed by atoms with van der Waals surface area (Å²) in [7, 11) is 1.96. The number of aryl methyl sites for hydroxylation is 1. The second kappa shape index (κ2) is 5.27. The van der Waals surface area contributed by atoms with E-state index >= 15 is 0 Å². The number of hydrogen-bond acceptors (Lipinski definition) is 4. The van der Waals surface area contributed by atoms with Gasteiger partial charge in [0.2, 0.25) is 0 Å². The van der Waals surface area contributed by atoms with Gasteiger partial charge in [-0.2, -0.15) is 5.10 Å². The van der Waals surface area contributed by atoms with Gasteiger partial charge in [-0.1, -0.05) is 0 Å². The van der Waals surface area contributed by atoms with Crippen LogP contribution in [0, 0.1) is 6.92 Å². The van der Waals surface area contributed by atoms with Crippen LogP contribution in [0.15, 0.2) is 24.8 Å². The lowest BCUT2D eigenvalue weighted by Crippen LogP contribution is -2.23. The Bertz CT molecular complexity index is 505. The zero-order valence-electron chi connectivity index (χ0n) is 11.3. The summed E-state index contributed by atoms with van der Waals surface area (Å²) in [6.07, 6.45) is 7.11. The Balaban J connectivity index is 2.08. The van der Waals surface area contributed by atoms with Crippen molar-refractivity contribution in [3.05, 3.63) is 41.7 Å². The molecule has 0 saturated heterocycles. The van der Waals surface area contributed by atoms with Crippen molar-refractivity contribution in [1.29, 1.82) is 0 Å². The van der Waals surface area contributed by atoms with Crippen molar-refractivity contribution in [2.75, 3.05) is 0 Å². The molecule has 2 unspecified atom stereocenters. The second-order valence-electron chi connectivity index (χ2n) is 4.55. The summed E-state index contributed by atoms with van der Waals surface area (Å²) in [5.41, 5.74) is 3.35. The first-order chi connectivity index (χ1) is 8.59. The fourth-order valence-corrected chi connectivity index (χ4v) is 2.03. The number of nitrogens with zero attached hydrogens (tertiary/aromatic N) is 4. The van der Waals surface area contributed by atoms with Crippen LogP contribution in [0.25, 0.3) is 0 Å². The monoisotopic (exact) mass is 245 g/mol. The highest BCUT2D eigenvalue weighted by Gasteiger charge is 2.15. The molecule has 5 heteroatoms. The van der Waals surface area contributed by atoms with Gasteiger partial charge in [0.25, 0.3) is 0 Å². The first-order valence-electron chi connectivity index (χ1n) is 6.10. The molecule has 2 atom stereocenters. The molecule has 2 rings (SSSR count). The van der Waals surface area contributed by atoms with Crippen molar-refractivity contribution in [1.82, 2.24) is 25.1 Å². The van der Waals surface area contributed by atoms with E-state index in [-0.39, 0.29) is 12.1 Å². The molecule has 0 radical (unpaired) electrons. The lowest BCUT2D eigenvalue weighted by Gasteiger charge is -2.19. The van der Waals surface area contributed by atoms with Crippen LogP contribution >= 0.6 is 0 Å². The molecular weight excluding hydrogens is 226 g/mol. The second-order valence-corrected chi connectivity index (χ2v) is 4.55. The Labute approximate surface area is 107 Å². The molecule has 0 aromatic carbocycles. The third-order valence-corrected chi connectivity index (χ3v) is 3.27. The van der Waals surface area contributed by atoms with E-state index < -0.39 is 0 Å². The molecule has 5 nitrogen and oxygen atoms in total. The number of nitrogens with one attached hydrogen (secondary N) is 1. The van der Waals surface area contributed by atoms with Gasteiger partial charge in [0.15, 0.2) is 0 Å². The molecular formula is C13H19N5. The maximum Gasteiger partial charge on any atom is 0.0753 e. The molecule has 0 amide bonds. The predicted octanol–water partition coefficient (Wildman–Crippen LogP) is 1.93. The maximum atomic E-state index is 4.31. The Morgan fingerprint density at radius 3 is 2.50 bits per heavy atom. The minimum absolute atomic E-state index is 0.160. The van der Waals surface area contributed by atoms with Crippen LogP contribution in [0.3, 0.4) is 0 Å². The van der Waals surface area contributed by atoms with Crippen molar-refractivity contribution in [3.63, 3.8) is 0 Å². The minimum atomic E-state index is 0.160. The molecule has 0 saturated carbocycles. The minimum Gasteiger partial charge on any atom is -0.302 e. The van der Waals surface area contributed by atoms with Crippen LogP contribution in [-0.2, 0) is 7.05 Å². The highest BCUT2D eigenvalue weighted by atomic mass is 15.3. The summed E-state index contributed by atoms with van der Waals surface area (Å²) in [5, 5.41) is 7.78. The van der Waals surface area contributed by atoms with Crippen molar-refractivity contribution in [2.24, 2.45) is 7.05 Å². The molecule has 18 heavy (non-hydrogen) atoms. The fraction of sp³-hybridized carbons (Fsp3) is 0.462. The zero-order chi connectivity index (χ0) is 13.1. The van der Waals surface area contributed by atoms with Gasteiger partial charge in [-0.05, 0) is 20.8 Å². The Morgan fingerprint density at radius 1 is 1.17 bits per heavy atom. The van der Waals surface area contributed by atoms with E-state index in [4.69, 9.17) is 0 Å². The number of rotatable bonds is 4. The molecule has 0 bridgehead atoms. The quantitative estimate of drug-likeness (QED) is 0.894. The molecule has 2 heterocycles. The molecule has 0 fully saturated rings. The molecule has 0 aliphatic carbocycles. The van der Waals surface area contributed by atoms with Gasteiger partial charge in [0.05, 0.1) is 11.9 Å². The zero-order valence-corrected chi connectivity index (χ0v) is 11.3. The highest BCUT2D eigenvalue weighted by molar-refractivity contribution is 5.20. The van der Waals surface area contributed by atoms with Gasteiger partial charge in [-0.3, -0.25) is 14.6 Å². The van der Waals surface area contributed by atoms with Gasteiger partial charge in [-0.25, -0.2) is 0 Å². The van der Waals surface area contributed by atoms with Crippen LogP contribution in [-0.4, -0.2) is 19.7 Å². The summed E-state index contributed by atoms with van der Waals surface area (Å²) in [6, 6.07) is 0.393. The Kier molecular flexibility index (Phi) is 3.72. The maximum absolute atomic E-state index is 4.31. The van der Waals surface area contributed by atoms with Crippen molar-refractivity contribution in [2.45, 2.75) is 32.9 Å². The van der Waals surface area contributed by atoms with Crippen LogP contribution in [0.2, 0.25) is 0 Å². The smallest absolute Gasteiger partial charge is 0.0753 e. The largest absolute Gasteiger partial charge is 0.302 e. The van der Waals surface area contributed by atoms with Crippen LogP contribution in [0.1, 0.15) is 42.9 Å². The average molecular weight is 245 g/mol. The summed E-state index contributed by atoms with van der Waals surface area (Å²) in [6.45, 7) is 6.30. The predicted molar refractivity (Wildman–Crippen MR) is 69.9 cm³/mol. The molecule has 0 spiro atoms. The van der Waals surface area contributed by atoms with Gasteiger partial charge >= 0.3 is 0 Å². The SMILES string of the molecule is Cc1c(C(C)NC(C)c2cnccn2)cnn1C. The standard InChI is InChI=1S/C13H19N5/c1-9(12-7-16-18(4)11(12)3)17-10(2)13-8-14-5-6-15-13/h5-10,17H,1-4H3. The molecule has 0 aliphatic rings. The Morgan fingerprint density at radius 2 is 1.94 bits per heavy atom. The summed E-state index contributed by atoms with van der Waals surface area (Å²) < 4.78 is 1.89. The molecule has 1 N–H and O–H groups in total. The van der Waals surface area contributed by atoms with E-state index in [0.29, 0.717) is 0 Å². The third-order valence-electron chi connectivity index (χ3n) is 3.27. The fourth-order valence-electron chi connectivity index (χ4n) is 2.03. The normalized spacial score (nSPS) is 14.4. The van der Waals surface area contributed by atoms with Crippen molar-refractivity contribution in [3.8, 4) is 0 Å². The van der Waals surface area contributed by atoms with Crippen LogP contribution in [0.5, 0.6) is 0 Å². The van der Waals surface area contributed by atoms with E-state index in [0.717, 1.165) is 5.69 Å². The van der Waals surface area contributed by atoms with Crippen molar-refractivity contribution < 1.29 is 0 Å². The van der Waals surface area contributed by atoms with Crippen LogP contribution < -0.4 is 5.32 Å². The summed E-state index contributed by atoms with van der Waals surface area (Å²) in [4.78, 5) is 8.40. The summed E-state index contributed by atoms with van der Waals surface area (Å²) in [5.74, 6) is 0. The van der Waals surface area contributed by atoms with E-state index in [1.807, 2.05) is 17.9 Å². The van der Waals surface area contributed by atoms with Gasteiger partial charge in [0, 0.05) is 49.0 Å². The van der Waals surface area contributed by atoms with Gasteiger partial charge in [0.1, 0.15) is 0 Å². The van der Waals surface area contributed by atoms with Gasteiger partial charge < -0.3 is 5.32 Å². The first-order valence-corrected chi connectivity index (χ1v) is 6.10. The molecule has 2 aromatic heterocycles. The first kappa shape index (κ1) is 12.7. The van der Waals surface area contributed by atoms with E-state index in [1.165, 1.54) is 11.3 Å². The molecule has 2 aromatic rings. The number of hydrogen-bond donors (Lipinski definition) is 1.